The fourth-order valence-corrected chi connectivity index (χ4v) is 1.72. The fraction of sp³-hybridized carbons (Fsp3) is 0.222. The van der Waals surface area contributed by atoms with Gasteiger partial charge in [0.25, 0.3) is 0 Å². The molecule has 2 nitrogen and oxygen atoms in total. The third-order valence-corrected chi connectivity index (χ3v) is 3.18. The van der Waals surface area contributed by atoms with Crippen LogP contribution in [0.3, 0.4) is 0 Å². The van der Waals surface area contributed by atoms with Gasteiger partial charge in [0.2, 0.25) is 0 Å². The molecule has 0 aliphatic carbocycles. The van der Waals surface area contributed by atoms with E-state index >= 15 is 0 Å². The topological polar surface area (TPSA) is 24.1 Å². The number of rotatable bonds is 2. The summed E-state index contributed by atoms with van der Waals surface area (Å²) >= 11 is 14.4. The highest BCUT2D eigenvalue weighted by Crippen LogP contribution is 2.29. The van der Waals surface area contributed by atoms with Crippen LogP contribution in [-0.4, -0.2) is 11.7 Å². The molecule has 0 radical (unpaired) electrons. The van der Waals surface area contributed by atoms with Gasteiger partial charge in [-0.25, -0.2) is 0 Å². The summed E-state index contributed by atoms with van der Waals surface area (Å²) in [6.45, 7) is 2.78. The minimum absolute atomic E-state index is 0.593. The Morgan fingerprint density at radius 1 is 1.57 bits per heavy atom. The van der Waals surface area contributed by atoms with Crippen molar-refractivity contribution in [3.05, 3.63) is 27.7 Å². The zero-order valence-corrected chi connectivity index (χ0v) is 10.8. The van der Waals surface area contributed by atoms with E-state index in [0.29, 0.717) is 10.1 Å². The fourth-order valence-electron chi connectivity index (χ4n) is 0.927. The Morgan fingerprint density at radius 2 is 2.29 bits per heavy atom. The van der Waals surface area contributed by atoms with Crippen molar-refractivity contribution in [3.8, 4) is 0 Å². The van der Waals surface area contributed by atoms with Crippen molar-refractivity contribution in [1.82, 2.24) is 5.32 Å². The maximum atomic E-state index is 5.92. The van der Waals surface area contributed by atoms with Crippen molar-refractivity contribution in [3.63, 3.8) is 0 Å². The van der Waals surface area contributed by atoms with E-state index in [1.807, 2.05) is 25.1 Å². The Bertz CT molecular complexity index is 344. The molecule has 5 heteroatoms. The van der Waals surface area contributed by atoms with E-state index in [2.05, 4.69) is 26.6 Å². The molecule has 1 aromatic rings. The first-order valence-corrected chi connectivity index (χ1v) is 5.72. The first-order valence-electron chi connectivity index (χ1n) is 4.14. The van der Waals surface area contributed by atoms with Gasteiger partial charge in [-0.05, 0) is 47.2 Å². The zero-order valence-electron chi connectivity index (χ0n) is 7.60. The number of benzene rings is 1. The van der Waals surface area contributed by atoms with Gasteiger partial charge in [0.15, 0.2) is 5.11 Å². The lowest BCUT2D eigenvalue weighted by Crippen LogP contribution is -2.28. The summed E-state index contributed by atoms with van der Waals surface area (Å²) in [5.41, 5.74) is 0.864. The molecule has 0 saturated heterocycles. The monoisotopic (exact) mass is 292 g/mol. The highest BCUT2D eigenvalue weighted by atomic mass is 79.9. The molecule has 0 spiro atoms. The number of halogens is 2. The lowest BCUT2D eigenvalue weighted by atomic mass is 10.3. The van der Waals surface area contributed by atoms with Crippen LogP contribution in [-0.2, 0) is 0 Å². The second-order valence-corrected chi connectivity index (χ2v) is 4.19. The van der Waals surface area contributed by atoms with Crippen molar-refractivity contribution < 1.29 is 0 Å². The van der Waals surface area contributed by atoms with E-state index in [9.17, 15) is 0 Å². The zero-order chi connectivity index (χ0) is 10.6. The van der Waals surface area contributed by atoms with Gasteiger partial charge in [0.1, 0.15) is 0 Å². The summed E-state index contributed by atoms with van der Waals surface area (Å²) in [6.07, 6.45) is 0. The van der Waals surface area contributed by atoms with E-state index < -0.39 is 0 Å². The van der Waals surface area contributed by atoms with Crippen LogP contribution >= 0.6 is 39.7 Å². The molecule has 0 saturated carbocycles. The third-order valence-electron chi connectivity index (χ3n) is 1.54. The standard InChI is InChI=1S/C9H10BrClN2S/c1-2-12-9(14)13-7-5-3-4-6(11)8(7)10/h3-5H,2H2,1H3,(H2,12,13,14). The summed E-state index contributed by atoms with van der Waals surface area (Å²) in [7, 11) is 0. The summed E-state index contributed by atoms with van der Waals surface area (Å²) in [5.74, 6) is 0. The molecule has 0 amide bonds. The number of anilines is 1. The molecular formula is C9H10BrClN2S. The Morgan fingerprint density at radius 3 is 2.93 bits per heavy atom. The predicted molar refractivity (Wildman–Crippen MR) is 69.0 cm³/mol. The van der Waals surface area contributed by atoms with E-state index in [1.54, 1.807) is 0 Å². The normalized spacial score (nSPS) is 9.64. The predicted octanol–water partition coefficient (Wildman–Crippen LogP) is 3.41. The summed E-state index contributed by atoms with van der Waals surface area (Å²) in [5, 5.41) is 7.29. The number of thiocarbonyl (C=S) groups is 1. The largest absolute Gasteiger partial charge is 0.363 e. The first kappa shape index (κ1) is 11.8. The van der Waals surface area contributed by atoms with Crippen LogP contribution in [0.5, 0.6) is 0 Å². The van der Waals surface area contributed by atoms with Crippen molar-refractivity contribution in [2.24, 2.45) is 0 Å². The van der Waals surface area contributed by atoms with Gasteiger partial charge in [0, 0.05) is 6.54 Å². The molecule has 1 aromatic carbocycles. The molecule has 0 aliphatic rings. The average molecular weight is 294 g/mol. The lowest BCUT2D eigenvalue weighted by molar-refractivity contribution is 0.979. The van der Waals surface area contributed by atoms with Crippen LogP contribution in [0.25, 0.3) is 0 Å². The van der Waals surface area contributed by atoms with Gasteiger partial charge in [-0.15, -0.1) is 0 Å². The minimum Gasteiger partial charge on any atom is -0.363 e. The van der Waals surface area contributed by atoms with Crippen LogP contribution in [0.1, 0.15) is 6.92 Å². The highest BCUT2D eigenvalue weighted by Gasteiger charge is 2.04. The molecule has 76 valence electrons. The van der Waals surface area contributed by atoms with Crippen LogP contribution in [0.15, 0.2) is 22.7 Å². The van der Waals surface area contributed by atoms with Gasteiger partial charge >= 0.3 is 0 Å². The van der Waals surface area contributed by atoms with Crippen molar-refractivity contribution in [2.45, 2.75) is 6.92 Å². The lowest BCUT2D eigenvalue weighted by Gasteiger charge is -2.10. The van der Waals surface area contributed by atoms with Crippen molar-refractivity contribution in [1.29, 1.82) is 0 Å². The van der Waals surface area contributed by atoms with Crippen molar-refractivity contribution in [2.75, 3.05) is 11.9 Å². The van der Waals surface area contributed by atoms with Crippen LogP contribution in [0.2, 0.25) is 5.02 Å². The van der Waals surface area contributed by atoms with Crippen LogP contribution in [0, 0.1) is 0 Å². The molecule has 14 heavy (non-hydrogen) atoms. The van der Waals surface area contributed by atoms with E-state index in [4.69, 9.17) is 23.8 Å². The molecule has 0 aliphatic heterocycles. The van der Waals surface area contributed by atoms with Crippen LogP contribution < -0.4 is 10.6 Å². The summed E-state index contributed by atoms with van der Waals surface area (Å²) < 4.78 is 0.821. The third kappa shape index (κ3) is 3.12. The minimum atomic E-state index is 0.593. The van der Waals surface area contributed by atoms with E-state index in [0.717, 1.165) is 16.7 Å². The number of hydrogen-bond donors (Lipinski definition) is 2. The number of hydrogen-bond acceptors (Lipinski definition) is 1. The molecule has 1 rings (SSSR count). The van der Waals surface area contributed by atoms with Crippen LogP contribution in [0.4, 0.5) is 5.69 Å². The van der Waals surface area contributed by atoms with E-state index in [1.165, 1.54) is 0 Å². The molecule has 0 fully saturated rings. The Labute approximate surface area is 102 Å². The maximum absolute atomic E-state index is 5.92. The Hall–Kier alpha value is -0.320. The van der Waals surface area contributed by atoms with E-state index in [-0.39, 0.29) is 0 Å². The quantitative estimate of drug-likeness (QED) is 0.817. The summed E-state index contributed by atoms with van der Waals surface area (Å²) in [4.78, 5) is 0. The molecule has 2 N–H and O–H groups in total. The number of nitrogens with one attached hydrogen (secondary N) is 2. The second kappa shape index (κ2) is 5.53. The Kier molecular flexibility index (Phi) is 4.65. The van der Waals surface area contributed by atoms with Gasteiger partial charge in [-0.1, -0.05) is 17.7 Å². The van der Waals surface area contributed by atoms with Gasteiger partial charge < -0.3 is 10.6 Å². The molecule has 0 bridgehead atoms. The molecule has 0 unspecified atom stereocenters. The molecule has 0 aromatic heterocycles. The van der Waals surface area contributed by atoms with Gasteiger partial charge in [0.05, 0.1) is 15.2 Å². The smallest absolute Gasteiger partial charge is 0.170 e. The SMILES string of the molecule is CCNC(=S)Nc1cccc(Cl)c1Br. The van der Waals surface area contributed by atoms with Gasteiger partial charge in [-0.2, -0.15) is 0 Å². The maximum Gasteiger partial charge on any atom is 0.170 e. The second-order valence-electron chi connectivity index (χ2n) is 2.59. The first-order chi connectivity index (χ1) is 6.65. The summed E-state index contributed by atoms with van der Waals surface area (Å²) in [6, 6.07) is 5.58. The molecular weight excluding hydrogens is 284 g/mol. The van der Waals surface area contributed by atoms with Crippen molar-refractivity contribution >= 4 is 50.5 Å². The highest BCUT2D eigenvalue weighted by molar-refractivity contribution is 9.10. The average Bonchev–Trinajstić information content (AvgIpc) is 2.13. The molecule has 0 heterocycles. The Balaban J connectivity index is 2.76. The molecule has 0 atom stereocenters. The van der Waals surface area contributed by atoms with Gasteiger partial charge in [-0.3, -0.25) is 0 Å².